The summed E-state index contributed by atoms with van der Waals surface area (Å²) in [4.78, 5) is 0. The van der Waals surface area contributed by atoms with Crippen molar-refractivity contribution in [1.82, 2.24) is 0 Å². The number of para-hydroxylation sites is 1. The van der Waals surface area contributed by atoms with E-state index in [0.717, 1.165) is 0 Å². The SMILES string of the molecule is CCC(O)c1ccccc1Oc1ccc(Br)cc1F. The van der Waals surface area contributed by atoms with Gasteiger partial charge < -0.3 is 9.84 Å². The molecule has 0 radical (unpaired) electrons. The fourth-order valence-corrected chi connectivity index (χ4v) is 2.08. The highest BCUT2D eigenvalue weighted by atomic mass is 79.9. The van der Waals surface area contributed by atoms with E-state index in [9.17, 15) is 9.50 Å². The van der Waals surface area contributed by atoms with E-state index in [-0.39, 0.29) is 5.75 Å². The summed E-state index contributed by atoms with van der Waals surface area (Å²) in [7, 11) is 0. The summed E-state index contributed by atoms with van der Waals surface area (Å²) in [6.07, 6.45) is -0.0434. The fourth-order valence-electron chi connectivity index (χ4n) is 1.75. The molecule has 0 bridgehead atoms. The second kappa shape index (κ2) is 6.17. The molecule has 0 saturated heterocycles. The number of ether oxygens (including phenoxy) is 1. The molecule has 100 valence electrons. The van der Waals surface area contributed by atoms with Crippen LogP contribution in [-0.4, -0.2) is 5.11 Å². The molecule has 0 fully saturated rings. The van der Waals surface area contributed by atoms with Gasteiger partial charge in [-0.1, -0.05) is 41.1 Å². The van der Waals surface area contributed by atoms with Crippen molar-refractivity contribution in [2.75, 3.05) is 0 Å². The average Bonchev–Trinajstić information content (AvgIpc) is 2.41. The minimum atomic E-state index is -0.616. The van der Waals surface area contributed by atoms with Gasteiger partial charge >= 0.3 is 0 Å². The molecule has 4 heteroatoms. The van der Waals surface area contributed by atoms with Crippen LogP contribution >= 0.6 is 15.9 Å². The molecule has 2 rings (SSSR count). The zero-order chi connectivity index (χ0) is 13.8. The molecule has 2 aromatic carbocycles. The lowest BCUT2D eigenvalue weighted by molar-refractivity contribution is 0.170. The van der Waals surface area contributed by atoms with E-state index < -0.39 is 11.9 Å². The van der Waals surface area contributed by atoms with Crippen LogP contribution in [0, 0.1) is 5.82 Å². The Balaban J connectivity index is 2.33. The Labute approximate surface area is 120 Å². The Morgan fingerprint density at radius 2 is 1.95 bits per heavy atom. The Hall–Kier alpha value is -1.39. The van der Waals surface area contributed by atoms with Crippen molar-refractivity contribution >= 4 is 15.9 Å². The number of benzene rings is 2. The van der Waals surface area contributed by atoms with Crippen molar-refractivity contribution in [3.8, 4) is 11.5 Å². The number of aliphatic hydroxyl groups is 1. The lowest BCUT2D eigenvalue weighted by Crippen LogP contribution is -1.99. The second-order valence-corrected chi connectivity index (χ2v) is 5.05. The summed E-state index contributed by atoms with van der Waals surface area (Å²) in [5, 5.41) is 9.92. The highest BCUT2D eigenvalue weighted by Crippen LogP contribution is 2.32. The van der Waals surface area contributed by atoms with Crippen molar-refractivity contribution in [1.29, 1.82) is 0 Å². The number of halogens is 2. The zero-order valence-electron chi connectivity index (χ0n) is 10.4. The van der Waals surface area contributed by atoms with E-state index in [1.165, 1.54) is 6.07 Å². The molecule has 0 aromatic heterocycles. The highest BCUT2D eigenvalue weighted by Gasteiger charge is 2.13. The van der Waals surface area contributed by atoms with Gasteiger partial charge in [0, 0.05) is 10.0 Å². The molecule has 1 N–H and O–H groups in total. The third-order valence-electron chi connectivity index (χ3n) is 2.78. The average molecular weight is 325 g/mol. The van der Waals surface area contributed by atoms with Crippen LogP contribution in [0.3, 0.4) is 0 Å². The van der Waals surface area contributed by atoms with Crippen molar-refractivity contribution in [2.45, 2.75) is 19.4 Å². The largest absolute Gasteiger partial charge is 0.454 e. The molecule has 1 unspecified atom stereocenters. The number of rotatable bonds is 4. The Morgan fingerprint density at radius 1 is 1.21 bits per heavy atom. The van der Waals surface area contributed by atoms with Crippen LogP contribution in [0.4, 0.5) is 4.39 Å². The highest BCUT2D eigenvalue weighted by molar-refractivity contribution is 9.10. The van der Waals surface area contributed by atoms with Crippen molar-refractivity contribution in [3.63, 3.8) is 0 Å². The van der Waals surface area contributed by atoms with E-state index in [2.05, 4.69) is 15.9 Å². The standard InChI is InChI=1S/C15H14BrFO2/c1-2-13(18)11-5-3-4-6-14(11)19-15-8-7-10(16)9-12(15)17/h3-9,13,18H,2H2,1H3. The summed E-state index contributed by atoms with van der Waals surface area (Å²) in [6.45, 7) is 1.88. The van der Waals surface area contributed by atoms with Crippen molar-refractivity contribution in [2.24, 2.45) is 0 Å². The van der Waals surface area contributed by atoms with Crippen LogP contribution in [0.5, 0.6) is 11.5 Å². The molecular formula is C15H14BrFO2. The Kier molecular flexibility index (Phi) is 4.56. The molecule has 0 aliphatic heterocycles. The predicted octanol–water partition coefficient (Wildman–Crippen LogP) is 4.82. The minimum Gasteiger partial charge on any atom is -0.454 e. The third kappa shape index (κ3) is 3.33. The van der Waals surface area contributed by atoms with Gasteiger partial charge in [0.15, 0.2) is 11.6 Å². The van der Waals surface area contributed by atoms with E-state index in [1.807, 2.05) is 13.0 Å². The van der Waals surface area contributed by atoms with Crippen LogP contribution in [0.1, 0.15) is 25.0 Å². The van der Waals surface area contributed by atoms with Crippen molar-refractivity contribution < 1.29 is 14.2 Å². The van der Waals surface area contributed by atoms with Gasteiger partial charge in [-0.15, -0.1) is 0 Å². The molecule has 19 heavy (non-hydrogen) atoms. The maximum atomic E-state index is 13.7. The summed E-state index contributed by atoms with van der Waals surface area (Å²) >= 11 is 3.20. The molecule has 0 saturated carbocycles. The maximum absolute atomic E-state index is 13.7. The topological polar surface area (TPSA) is 29.5 Å². The third-order valence-corrected chi connectivity index (χ3v) is 3.27. The monoisotopic (exact) mass is 324 g/mol. The lowest BCUT2D eigenvalue weighted by Gasteiger charge is -2.15. The van der Waals surface area contributed by atoms with Crippen LogP contribution < -0.4 is 4.74 Å². The fraction of sp³-hybridized carbons (Fsp3) is 0.200. The number of hydrogen-bond donors (Lipinski definition) is 1. The molecule has 2 nitrogen and oxygen atoms in total. The molecular weight excluding hydrogens is 311 g/mol. The zero-order valence-corrected chi connectivity index (χ0v) is 12.0. The maximum Gasteiger partial charge on any atom is 0.166 e. The van der Waals surface area contributed by atoms with Gasteiger partial charge in [-0.3, -0.25) is 0 Å². The molecule has 0 heterocycles. The molecule has 1 atom stereocenters. The van der Waals surface area contributed by atoms with Gasteiger partial charge in [-0.2, -0.15) is 0 Å². The molecule has 0 spiro atoms. The van der Waals surface area contributed by atoms with Gasteiger partial charge in [0.25, 0.3) is 0 Å². The van der Waals surface area contributed by atoms with Crippen molar-refractivity contribution in [3.05, 3.63) is 58.3 Å². The van der Waals surface area contributed by atoms with E-state index in [4.69, 9.17) is 4.74 Å². The van der Waals surface area contributed by atoms with Crippen LogP contribution in [0.25, 0.3) is 0 Å². The summed E-state index contributed by atoms with van der Waals surface area (Å²) in [5.74, 6) is 0.159. The Bertz CT molecular complexity index is 572. The van der Waals surface area contributed by atoms with Crippen LogP contribution in [0.15, 0.2) is 46.9 Å². The number of aliphatic hydroxyl groups excluding tert-OH is 1. The van der Waals surface area contributed by atoms with Gasteiger partial charge in [0.05, 0.1) is 6.10 Å². The van der Waals surface area contributed by atoms with Crippen LogP contribution in [-0.2, 0) is 0 Å². The summed E-state index contributed by atoms with van der Waals surface area (Å²) in [5.41, 5.74) is 0.660. The molecule has 0 aliphatic rings. The normalized spacial score (nSPS) is 12.2. The predicted molar refractivity (Wildman–Crippen MR) is 75.9 cm³/mol. The van der Waals surface area contributed by atoms with Gasteiger partial charge in [-0.05, 0) is 30.7 Å². The van der Waals surface area contributed by atoms with Gasteiger partial charge in [0.1, 0.15) is 5.75 Å². The minimum absolute atomic E-state index is 0.138. The van der Waals surface area contributed by atoms with Gasteiger partial charge in [0.2, 0.25) is 0 Å². The van der Waals surface area contributed by atoms with E-state index >= 15 is 0 Å². The molecule has 2 aromatic rings. The summed E-state index contributed by atoms with van der Waals surface area (Å²) < 4.78 is 19.9. The quantitative estimate of drug-likeness (QED) is 0.873. The van der Waals surface area contributed by atoms with E-state index in [0.29, 0.717) is 22.2 Å². The first-order valence-corrected chi connectivity index (χ1v) is 6.81. The number of hydrogen-bond acceptors (Lipinski definition) is 2. The molecule has 0 aliphatic carbocycles. The first-order chi connectivity index (χ1) is 9.11. The smallest absolute Gasteiger partial charge is 0.166 e. The summed E-state index contributed by atoms with van der Waals surface area (Å²) in [6, 6.07) is 11.7. The second-order valence-electron chi connectivity index (χ2n) is 4.14. The lowest BCUT2D eigenvalue weighted by atomic mass is 10.1. The Morgan fingerprint density at radius 3 is 2.63 bits per heavy atom. The van der Waals surface area contributed by atoms with Gasteiger partial charge in [-0.25, -0.2) is 4.39 Å². The van der Waals surface area contributed by atoms with Crippen LogP contribution in [0.2, 0.25) is 0 Å². The molecule has 0 amide bonds. The first-order valence-electron chi connectivity index (χ1n) is 6.01. The van der Waals surface area contributed by atoms with E-state index in [1.54, 1.807) is 30.3 Å². The first kappa shape index (κ1) is 14.0.